The van der Waals surface area contributed by atoms with Crippen molar-refractivity contribution < 1.29 is 19.5 Å². The Hall–Kier alpha value is -4.16. The Labute approximate surface area is 197 Å². The van der Waals surface area contributed by atoms with Crippen LogP contribution in [0, 0.1) is 12.3 Å². The van der Waals surface area contributed by atoms with Crippen LogP contribution < -0.4 is 20.9 Å². The summed E-state index contributed by atoms with van der Waals surface area (Å²) in [4.78, 5) is 32.0. The number of amides is 2. The highest BCUT2D eigenvalue weighted by Crippen LogP contribution is 2.35. The summed E-state index contributed by atoms with van der Waals surface area (Å²) in [5.41, 5.74) is 7.33. The highest BCUT2D eigenvalue weighted by atomic mass is 16.5. The minimum atomic E-state index is -0.472. The number of anilines is 3. The number of hydroxylamine groups is 1. The molecule has 1 heterocycles. The minimum absolute atomic E-state index is 0.142. The average Bonchev–Trinajstić information content (AvgIpc) is 2.84. The standard InChI is InChI=1S/C25H27N5O4/c1-3-17-9-8-10-18(13-17)29-25-19-14-21(22(34-2)15-20(19)27-16-28-25)30(33)24(32)12-7-5-4-6-11-23(26)31/h1,8-10,13-16,33H,4-7,11-12H2,2H3,(H2,26,31)(H,27,28,29). The number of fused-ring (bicyclic) bond motifs is 1. The molecule has 34 heavy (non-hydrogen) atoms. The summed E-state index contributed by atoms with van der Waals surface area (Å²) >= 11 is 0. The zero-order chi connectivity index (χ0) is 24.5. The largest absolute Gasteiger partial charge is 0.494 e. The van der Waals surface area contributed by atoms with Gasteiger partial charge in [-0.2, -0.15) is 5.06 Å². The normalized spacial score (nSPS) is 10.5. The molecule has 3 aromatic rings. The molecule has 1 aromatic heterocycles. The molecule has 3 rings (SSSR count). The second kappa shape index (κ2) is 11.6. The lowest BCUT2D eigenvalue weighted by molar-refractivity contribution is -0.123. The molecular formula is C25H27N5O4. The molecule has 4 N–H and O–H groups in total. The van der Waals surface area contributed by atoms with Gasteiger partial charge in [0.2, 0.25) is 5.91 Å². The lowest BCUT2D eigenvalue weighted by Crippen LogP contribution is -2.27. The molecular weight excluding hydrogens is 434 g/mol. The van der Waals surface area contributed by atoms with Crippen molar-refractivity contribution in [3.05, 3.63) is 48.3 Å². The summed E-state index contributed by atoms with van der Waals surface area (Å²) in [5.74, 6) is 2.56. The van der Waals surface area contributed by atoms with Crippen molar-refractivity contribution in [1.29, 1.82) is 0 Å². The maximum atomic E-state index is 12.6. The summed E-state index contributed by atoms with van der Waals surface area (Å²) in [5, 5.41) is 15.0. The van der Waals surface area contributed by atoms with Crippen molar-refractivity contribution in [1.82, 2.24) is 9.97 Å². The molecule has 176 valence electrons. The van der Waals surface area contributed by atoms with Crippen LogP contribution in [0.1, 0.15) is 44.1 Å². The number of nitrogens with two attached hydrogens (primary N) is 1. The van der Waals surface area contributed by atoms with Crippen molar-refractivity contribution in [3.8, 4) is 18.1 Å². The van der Waals surface area contributed by atoms with Gasteiger partial charge < -0.3 is 15.8 Å². The zero-order valence-electron chi connectivity index (χ0n) is 19.0. The number of ether oxygens (including phenoxy) is 1. The third-order valence-corrected chi connectivity index (χ3v) is 5.26. The number of carbonyl (C=O) groups is 2. The van der Waals surface area contributed by atoms with E-state index in [4.69, 9.17) is 16.9 Å². The number of terminal acetylenes is 1. The fourth-order valence-electron chi connectivity index (χ4n) is 3.49. The van der Waals surface area contributed by atoms with Crippen molar-refractivity contribution >= 4 is 39.9 Å². The minimum Gasteiger partial charge on any atom is -0.494 e. The van der Waals surface area contributed by atoms with Crippen LogP contribution in [0.15, 0.2) is 42.7 Å². The number of carbonyl (C=O) groups excluding carboxylic acids is 2. The van der Waals surface area contributed by atoms with Crippen LogP contribution >= 0.6 is 0 Å². The highest BCUT2D eigenvalue weighted by Gasteiger charge is 2.20. The van der Waals surface area contributed by atoms with Crippen LogP contribution in [0.25, 0.3) is 10.9 Å². The third-order valence-electron chi connectivity index (χ3n) is 5.26. The summed E-state index contributed by atoms with van der Waals surface area (Å²) < 4.78 is 5.39. The Balaban J connectivity index is 1.80. The average molecular weight is 462 g/mol. The van der Waals surface area contributed by atoms with Crippen LogP contribution in [-0.4, -0.2) is 34.1 Å². The number of primary amides is 1. The van der Waals surface area contributed by atoms with Gasteiger partial charge >= 0.3 is 0 Å². The second-order valence-electron chi connectivity index (χ2n) is 7.70. The fraction of sp³-hybridized carbons (Fsp3) is 0.280. The van der Waals surface area contributed by atoms with Crippen molar-refractivity contribution in [2.24, 2.45) is 5.73 Å². The molecule has 0 saturated carbocycles. The fourth-order valence-corrected chi connectivity index (χ4v) is 3.49. The number of methoxy groups -OCH3 is 1. The third kappa shape index (κ3) is 6.21. The van der Waals surface area contributed by atoms with Gasteiger partial charge in [-0.25, -0.2) is 9.97 Å². The van der Waals surface area contributed by atoms with E-state index in [9.17, 15) is 14.8 Å². The second-order valence-corrected chi connectivity index (χ2v) is 7.70. The van der Waals surface area contributed by atoms with Gasteiger partial charge in [-0.05, 0) is 37.1 Å². The number of nitrogens with one attached hydrogen (secondary N) is 1. The van der Waals surface area contributed by atoms with E-state index in [2.05, 4.69) is 21.2 Å². The molecule has 0 spiro atoms. The predicted octanol–water partition coefficient (Wildman–Crippen LogP) is 3.91. The van der Waals surface area contributed by atoms with E-state index in [-0.39, 0.29) is 18.0 Å². The van der Waals surface area contributed by atoms with Crippen LogP contribution in [0.4, 0.5) is 17.2 Å². The van der Waals surface area contributed by atoms with Crippen molar-refractivity contribution in [3.63, 3.8) is 0 Å². The van der Waals surface area contributed by atoms with E-state index < -0.39 is 5.91 Å². The first-order valence-electron chi connectivity index (χ1n) is 10.9. The number of unbranched alkanes of at least 4 members (excludes halogenated alkanes) is 3. The molecule has 0 aliphatic heterocycles. The van der Waals surface area contributed by atoms with Crippen LogP contribution in [-0.2, 0) is 9.59 Å². The first-order chi connectivity index (χ1) is 16.4. The Morgan fingerprint density at radius 2 is 1.91 bits per heavy atom. The molecule has 9 heteroatoms. The molecule has 0 bridgehead atoms. The van der Waals surface area contributed by atoms with Gasteiger partial charge in [-0.15, -0.1) is 6.42 Å². The van der Waals surface area contributed by atoms with Gasteiger partial charge in [0, 0.05) is 35.5 Å². The van der Waals surface area contributed by atoms with E-state index in [1.165, 1.54) is 13.4 Å². The van der Waals surface area contributed by atoms with Crippen LogP contribution in [0.5, 0.6) is 5.75 Å². The molecule has 0 fully saturated rings. The smallest absolute Gasteiger partial charge is 0.250 e. The molecule has 9 nitrogen and oxygen atoms in total. The first-order valence-corrected chi connectivity index (χ1v) is 10.9. The number of rotatable bonds is 11. The highest BCUT2D eigenvalue weighted by molar-refractivity contribution is 5.99. The van der Waals surface area contributed by atoms with Gasteiger partial charge in [0.1, 0.15) is 23.6 Å². The van der Waals surface area contributed by atoms with E-state index in [1.807, 2.05) is 24.3 Å². The Morgan fingerprint density at radius 3 is 2.62 bits per heavy atom. The molecule has 0 aliphatic rings. The quantitative estimate of drug-likeness (QED) is 0.171. The van der Waals surface area contributed by atoms with E-state index in [0.717, 1.165) is 18.5 Å². The lowest BCUT2D eigenvalue weighted by Gasteiger charge is -2.19. The SMILES string of the molecule is C#Cc1cccc(Nc2ncnc3cc(OC)c(N(O)C(=O)CCCCCCC(N)=O)cc23)c1. The number of hydrogen-bond donors (Lipinski definition) is 3. The van der Waals surface area contributed by atoms with E-state index in [1.54, 1.807) is 12.1 Å². The van der Waals surface area contributed by atoms with E-state index in [0.29, 0.717) is 52.4 Å². The molecule has 2 aromatic carbocycles. The Morgan fingerprint density at radius 1 is 1.15 bits per heavy atom. The molecule has 0 unspecified atom stereocenters. The first kappa shape index (κ1) is 24.5. The van der Waals surface area contributed by atoms with Gasteiger partial charge in [0.25, 0.3) is 5.91 Å². The Kier molecular flexibility index (Phi) is 8.37. The number of aromatic nitrogens is 2. The number of benzene rings is 2. The van der Waals surface area contributed by atoms with Crippen molar-refractivity contribution in [2.75, 3.05) is 17.5 Å². The maximum Gasteiger partial charge on any atom is 0.250 e. The summed E-state index contributed by atoms with van der Waals surface area (Å²) in [6, 6.07) is 10.5. The van der Waals surface area contributed by atoms with Gasteiger partial charge in [0.05, 0.1) is 12.6 Å². The van der Waals surface area contributed by atoms with Gasteiger partial charge in [0.15, 0.2) is 0 Å². The van der Waals surface area contributed by atoms with Gasteiger partial charge in [-0.1, -0.05) is 24.8 Å². The molecule has 0 aliphatic carbocycles. The number of hydrogen-bond acceptors (Lipinski definition) is 7. The van der Waals surface area contributed by atoms with Gasteiger partial charge in [-0.3, -0.25) is 14.8 Å². The Bertz CT molecular complexity index is 1220. The monoisotopic (exact) mass is 461 g/mol. The molecule has 0 radical (unpaired) electrons. The topological polar surface area (TPSA) is 131 Å². The molecule has 0 atom stereocenters. The molecule has 0 saturated heterocycles. The van der Waals surface area contributed by atoms with Crippen molar-refractivity contribution in [2.45, 2.75) is 38.5 Å². The number of nitrogens with zero attached hydrogens (tertiary/aromatic N) is 3. The summed E-state index contributed by atoms with van der Waals surface area (Å²) in [7, 11) is 1.45. The van der Waals surface area contributed by atoms with E-state index >= 15 is 0 Å². The van der Waals surface area contributed by atoms with Crippen LogP contribution in [0.3, 0.4) is 0 Å². The maximum absolute atomic E-state index is 12.6. The summed E-state index contributed by atoms with van der Waals surface area (Å²) in [6.07, 6.45) is 10.2. The predicted molar refractivity (Wildman–Crippen MR) is 130 cm³/mol. The van der Waals surface area contributed by atoms with Crippen LogP contribution in [0.2, 0.25) is 0 Å². The molecule has 2 amide bonds. The lowest BCUT2D eigenvalue weighted by atomic mass is 10.1. The zero-order valence-corrected chi connectivity index (χ0v) is 19.0. The summed E-state index contributed by atoms with van der Waals surface area (Å²) in [6.45, 7) is 0.